The van der Waals surface area contributed by atoms with Crippen molar-refractivity contribution in [1.29, 1.82) is 0 Å². The minimum absolute atomic E-state index is 0.791. The maximum Gasteiger partial charge on any atom is 0.381 e. The van der Waals surface area contributed by atoms with Crippen molar-refractivity contribution in [3.63, 3.8) is 0 Å². The summed E-state index contributed by atoms with van der Waals surface area (Å²) in [6, 6.07) is 0. The highest BCUT2D eigenvalue weighted by Gasteiger charge is 2.17. The number of hydrogen-bond acceptors (Lipinski definition) is 4. The quantitative estimate of drug-likeness (QED) is 0.375. The molecule has 2 heterocycles. The predicted molar refractivity (Wildman–Crippen MR) is 51.4 cm³/mol. The van der Waals surface area contributed by atoms with Crippen molar-refractivity contribution in [2.24, 2.45) is 14.1 Å². The van der Waals surface area contributed by atoms with Gasteiger partial charge in [-0.25, -0.2) is 9.13 Å². The first-order valence-corrected chi connectivity index (χ1v) is 4.43. The second-order valence-corrected chi connectivity index (χ2v) is 3.10. The predicted octanol–water partition coefficient (Wildman–Crippen LogP) is -3.43. The second kappa shape index (κ2) is 4.08. The molecule has 0 bridgehead atoms. The molecule has 6 nitrogen and oxygen atoms in total. The average Bonchev–Trinajstić information content (AvgIpc) is 2.24. The Hall–Kier alpha value is -1.92. The van der Waals surface area contributed by atoms with Gasteiger partial charge in [-0.15, -0.1) is 0 Å². The fourth-order valence-corrected chi connectivity index (χ4v) is 1.14. The standard InChI is InChI=1S/C8H10BN6/c1-14-5-10-3-12-7(14)9-8-13-4-11-6-15(8)2/h3-6H,1-2H3/q+2. The zero-order valence-electron chi connectivity index (χ0n) is 8.57. The first kappa shape index (κ1) is 9.63. The lowest BCUT2D eigenvalue weighted by Crippen LogP contribution is -2.61. The van der Waals surface area contributed by atoms with E-state index >= 15 is 0 Å². The number of aryl methyl sites for hydroxylation is 2. The van der Waals surface area contributed by atoms with E-state index in [0.717, 1.165) is 11.4 Å². The molecule has 2 aromatic rings. The SMILES string of the molecule is C[n+]1cncnc1[B]c1ncnc[n+]1C. The van der Waals surface area contributed by atoms with Crippen LogP contribution in [-0.4, -0.2) is 27.2 Å². The third-order valence-electron chi connectivity index (χ3n) is 1.97. The molecule has 0 amide bonds. The third-order valence-corrected chi connectivity index (χ3v) is 1.97. The molecule has 0 N–H and O–H groups in total. The smallest absolute Gasteiger partial charge is 0.249 e. The van der Waals surface area contributed by atoms with E-state index in [0.29, 0.717) is 0 Å². The molecule has 7 heteroatoms. The van der Waals surface area contributed by atoms with Gasteiger partial charge in [-0.3, -0.25) is 0 Å². The minimum Gasteiger partial charge on any atom is -0.249 e. The highest BCUT2D eigenvalue weighted by atomic mass is 15.1. The number of nitrogens with zero attached hydrogens (tertiary/aromatic N) is 6. The third kappa shape index (κ3) is 2.12. The zero-order valence-corrected chi connectivity index (χ0v) is 8.57. The summed E-state index contributed by atoms with van der Waals surface area (Å²) in [5.41, 5.74) is 1.58. The van der Waals surface area contributed by atoms with Gasteiger partial charge in [0.2, 0.25) is 12.7 Å². The second-order valence-electron chi connectivity index (χ2n) is 3.10. The molecule has 0 aliphatic heterocycles. The van der Waals surface area contributed by atoms with E-state index in [4.69, 9.17) is 0 Å². The number of aromatic nitrogens is 6. The van der Waals surface area contributed by atoms with Crippen LogP contribution in [0.1, 0.15) is 0 Å². The van der Waals surface area contributed by atoms with E-state index in [-0.39, 0.29) is 0 Å². The fourth-order valence-electron chi connectivity index (χ4n) is 1.14. The van der Waals surface area contributed by atoms with Crippen LogP contribution >= 0.6 is 0 Å². The normalized spacial score (nSPS) is 10.0. The van der Waals surface area contributed by atoms with Gasteiger partial charge < -0.3 is 0 Å². The first-order chi connectivity index (χ1) is 7.27. The number of hydrogen-bond donors (Lipinski definition) is 0. The van der Waals surface area contributed by atoms with E-state index in [2.05, 4.69) is 19.9 Å². The Morgan fingerprint density at radius 3 is 1.80 bits per heavy atom. The fraction of sp³-hybridized carbons (Fsp3) is 0.250. The zero-order chi connectivity index (χ0) is 10.7. The van der Waals surface area contributed by atoms with Crippen LogP contribution in [0.4, 0.5) is 0 Å². The summed E-state index contributed by atoms with van der Waals surface area (Å²) in [5, 5.41) is 0. The van der Waals surface area contributed by atoms with Gasteiger partial charge in [0, 0.05) is 0 Å². The van der Waals surface area contributed by atoms with Crippen LogP contribution in [0.25, 0.3) is 0 Å². The molecular weight excluding hydrogens is 191 g/mol. The van der Waals surface area contributed by atoms with Gasteiger partial charge in [0.15, 0.2) is 11.4 Å². The van der Waals surface area contributed by atoms with Gasteiger partial charge in [-0.1, -0.05) is 19.9 Å². The molecule has 2 aromatic heterocycles. The Balaban J connectivity index is 2.30. The molecule has 0 unspecified atom stereocenters. The molecule has 0 spiro atoms. The monoisotopic (exact) mass is 201 g/mol. The lowest BCUT2D eigenvalue weighted by atomic mass is 9.76. The molecule has 0 fully saturated rings. The van der Waals surface area contributed by atoms with Crippen molar-refractivity contribution in [2.75, 3.05) is 0 Å². The minimum atomic E-state index is 0.791. The molecular formula is C8H10BN6+2. The summed E-state index contributed by atoms with van der Waals surface area (Å²) in [7, 11) is 5.63. The van der Waals surface area contributed by atoms with Crippen molar-refractivity contribution in [1.82, 2.24) is 19.9 Å². The number of rotatable bonds is 2. The Labute approximate surface area is 87.9 Å². The molecule has 1 radical (unpaired) electrons. The van der Waals surface area contributed by atoms with E-state index in [9.17, 15) is 0 Å². The molecule has 0 saturated heterocycles. The van der Waals surface area contributed by atoms with Gasteiger partial charge in [0.1, 0.15) is 0 Å². The van der Waals surface area contributed by atoms with Crippen LogP contribution in [0, 0.1) is 0 Å². The lowest BCUT2D eigenvalue weighted by molar-refractivity contribution is -0.664. The van der Waals surface area contributed by atoms with E-state index < -0.39 is 0 Å². The van der Waals surface area contributed by atoms with E-state index in [1.54, 1.807) is 12.7 Å². The van der Waals surface area contributed by atoms with Crippen molar-refractivity contribution in [3.05, 3.63) is 25.3 Å². The largest absolute Gasteiger partial charge is 0.381 e. The summed E-state index contributed by atoms with van der Waals surface area (Å²) in [6.07, 6.45) is 6.40. The molecule has 0 aromatic carbocycles. The van der Waals surface area contributed by atoms with Gasteiger partial charge >= 0.3 is 7.28 Å². The Kier molecular flexibility index (Phi) is 2.62. The summed E-state index contributed by atoms with van der Waals surface area (Å²) in [4.78, 5) is 16.1. The van der Waals surface area contributed by atoms with Crippen molar-refractivity contribution < 1.29 is 9.13 Å². The maximum atomic E-state index is 4.14. The van der Waals surface area contributed by atoms with Crippen LogP contribution in [0.15, 0.2) is 25.3 Å². The molecule has 0 aliphatic carbocycles. The molecule has 0 aliphatic rings. The van der Waals surface area contributed by atoms with Crippen molar-refractivity contribution in [3.8, 4) is 0 Å². The van der Waals surface area contributed by atoms with Crippen LogP contribution < -0.4 is 20.6 Å². The Morgan fingerprint density at radius 2 is 1.40 bits per heavy atom. The Bertz CT molecular complexity index is 431. The van der Waals surface area contributed by atoms with E-state index in [1.165, 1.54) is 12.7 Å². The van der Waals surface area contributed by atoms with Crippen molar-refractivity contribution in [2.45, 2.75) is 0 Å². The summed E-state index contributed by atoms with van der Waals surface area (Å²) in [6.45, 7) is 0. The van der Waals surface area contributed by atoms with Crippen LogP contribution in [0.3, 0.4) is 0 Å². The van der Waals surface area contributed by atoms with Crippen LogP contribution in [0.2, 0.25) is 0 Å². The topological polar surface area (TPSA) is 59.3 Å². The molecule has 73 valence electrons. The molecule has 0 atom stereocenters. The average molecular weight is 201 g/mol. The lowest BCUT2D eigenvalue weighted by Gasteiger charge is -1.96. The molecule has 2 rings (SSSR count). The van der Waals surface area contributed by atoms with Crippen molar-refractivity contribution >= 4 is 18.7 Å². The summed E-state index contributed by atoms with van der Waals surface area (Å²) in [5.74, 6) is 0. The van der Waals surface area contributed by atoms with Crippen LogP contribution in [0.5, 0.6) is 0 Å². The first-order valence-electron chi connectivity index (χ1n) is 4.43. The Morgan fingerprint density at radius 1 is 0.933 bits per heavy atom. The maximum absolute atomic E-state index is 4.14. The summed E-state index contributed by atoms with van der Waals surface area (Å²) < 4.78 is 3.64. The van der Waals surface area contributed by atoms with Gasteiger partial charge in [0.05, 0.1) is 14.1 Å². The highest BCUT2D eigenvalue weighted by Crippen LogP contribution is 1.62. The molecule has 15 heavy (non-hydrogen) atoms. The van der Waals surface area contributed by atoms with Gasteiger partial charge in [0.25, 0.3) is 12.7 Å². The van der Waals surface area contributed by atoms with Crippen LogP contribution in [-0.2, 0) is 14.1 Å². The van der Waals surface area contributed by atoms with Gasteiger partial charge in [-0.2, -0.15) is 0 Å². The van der Waals surface area contributed by atoms with Gasteiger partial charge in [-0.05, 0) is 0 Å². The summed E-state index contributed by atoms with van der Waals surface area (Å²) >= 11 is 0. The highest BCUT2D eigenvalue weighted by molar-refractivity contribution is 6.62. The van der Waals surface area contributed by atoms with E-state index in [1.807, 2.05) is 30.5 Å². The molecule has 0 saturated carbocycles.